The molecule has 1 fully saturated rings. The second-order valence-corrected chi connectivity index (χ2v) is 5.47. The number of benzene rings is 1. The first-order chi connectivity index (χ1) is 10.1. The first-order valence-electron chi connectivity index (χ1n) is 6.62. The van der Waals surface area contributed by atoms with E-state index in [2.05, 4.69) is 15.3 Å². The first-order valence-corrected chi connectivity index (χ1v) is 7.00. The van der Waals surface area contributed by atoms with Crippen LogP contribution in [0.3, 0.4) is 0 Å². The van der Waals surface area contributed by atoms with Crippen LogP contribution in [0, 0.1) is 16.0 Å². The van der Waals surface area contributed by atoms with Gasteiger partial charge in [-0.25, -0.2) is 9.97 Å². The van der Waals surface area contributed by atoms with E-state index in [1.165, 1.54) is 12.4 Å². The molecule has 1 saturated carbocycles. The predicted octanol–water partition coefficient (Wildman–Crippen LogP) is 3.60. The number of nitro groups is 1. The molecule has 1 atom stereocenters. The van der Waals surface area contributed by atoms with E-state index in [1.54, 1.807) is 0 Å². The third-order valence-corrected chi connectivity index (χ3v) is 3.71. The summed E-state index contributed by atoms with van der Waals surface area (Å²) < 4.78 is 0. The highest BCUT2D eigenvalue weighted by Gasteiger charge is 2.32. The molecule has 1 aliphatic carbocycles. The zero-order chi connectivity index (χ0) is 14.8. The summed E-state index contributed by atoms with van der Waals surface area (Å²) in [5.41, 5.74) is 0.999. The van der Waals surface area contributed by atoms with E-state index in [9.17, 15) is 10.1 Å². The van der Waals surface area contributed by atoms with Crippen molar-refractivity contribution in [1.29, 1.82) is 0 Å². The smallest absolute Gasteiger partial charge is 0.305 e. The number of nitrogens with one attached hydrogen (secondary N) is 1. The second-order valence-electron chi connectivity index (χ2n) is 5.03. The Labute approximate surface area is 126 Å². The van der Waals surface area contributed by atoms with Crippen molar-refractivity contribution in [3.63, 3.8) is 0 Å². The summed E-state index contributed by atoms with van der Waals surface area (Å²) in [5, 5.41) is 14.5. The highest BCUT2D eigenvalue weighted by Crippen LogP contribution is 2.42. The van der Waals surface area contributed by atoms with Crippen molar-refractivity contribution in [3.8, 4) is 0 Å². The first kappa shape index (κ1) is 13.8. The minimum Gasteiger partial charge on any atom is -0.347 e. The van der Waals surface area contributed by atoms with Gasteiger partial charge in [-0.15, -0.1) is 0 Å². The Balaban J connectivity index is 1.79. The molecule has 1 heterocycles. The third kappa shape index (κ3) is 3.28. The number of aromatic nitrogens is 2. The Kier molecular flexibility index (Phi) is 3.70. The van der Waals surface area contributed by atoms with Gasteiger partial charge in [0.05, 0.1) is 11.0 Å². The Hall–Kier alpha value is -2.21. The molecule has 108 valence electrons. The summed E-state index contributed by atoms with van der Waals surface area (Å²) in [6, 6.07) is 7.76. The molecule has 0 saturated heterocycles. The van der Waals surface area contributed by atoms with Gasteiger partial charge in [0.2, 0.25) is 5.95 Å². The maximum atomic E-state index is 10.6. The van der Waals surface area contributed by atoms with Gasteiger partial charge >= 0.3 is 5.69 Å². The normalized spacial score (nSPS) is 15.5. The van der Waals surface area contributed by atoms with Crippen LogP contribution in [-0.4, -0.2) is 14.9 Å². The van der Waals surface area contributed by atoms with Crippen LogP contribution < -0.4 is 5.32 Å². The zero-order valence-corrected chi connectivity index (χ0v) is 11.8. The lowest BCUT2D eigenvalue weighted by atomic mass is 10.0. The van der Waals surface area contributed by atoms with Gasteiger partial charge in [0, 0.05) is 5.02 Å². The topological polar surface area (TPSA) is 81.0 Å². The van der Waals surface area contributed by atoms with Crippen LogP contribution in [-0.2, 0) is 0 Å². The predicted molar refractivity (Wildman–Crippen MR) is 79.2 cm³/mol. The SMILES string of the molecule is O=[N+]([O-])c1cnc(NC(c2ccc(Cl)cc2)C2CC2)nc1. The summed E-state index contributed by atoms with van der Waals surface area (Å²) in [6.45, 7) is 0. The van der Waals surface area contributed by atoms with Gasteiger partial charge in [-0.3, -0.25) is 10.1 Å². The van der Waals surface area contributed by atoms with E-state index in [4.69, 9.17) is 11.6 Å². The lowest BCUT2D eigenvalue weighted by molar-refractivity contribution is -0.385. The van der Waals surface area contributed by atoms with Gasteiger partial charge in [-0.1, -0.05) is 23.7 Å². The van der Waals surface area contributed by atoms with Crippen molar-refractivity contribution in [1.82, 2.24) is 9.97 Å². The fourth-order valence-corrected chi connectivity index (χ4v) is 2.33. The number of hydrogen-bond donors (Lipinski definition) is 1. The maximum absolute atomic E-state index is 10.6. The molecule has 3 rings (SSSR count). The summed E-state index contributed by atoms with van der Waals surface area (Å²) in [6.07, 6.45) is 4.71. The van der Waals surface area contributed by atoms with Crippen molar-refractivity contribution in [2.45, 2.75) is 18.9 Å². The molecule has 21 heavy (non-hydrogen) atoms. The van der Waals surface area contributed by atoms with Gasteiger partial charge in [0.15, 0.2) is 0 Å². The Bertz CT molecular complexity index is 641. The van der Waals surface area contributed by atoms with Crippen LogP contribution in [0.2, 0.25) is 5.02 Å². The van der Waals surface area contributed by atoms with Crippen LogP contribution in [0.25, 0.3) is 0 Å². The summed E-state index contributed by atoms with van der Waals surface area (Å²) in [4.78, 5) is 18.1. The van der Waals surface area contributed by atoms with Crippen molar-refractivity contribution < 1.29 is 4.92 Å². The van der Waals surface area contributed by atoms with Crippen LogP contribution in [0.4, 0.5) is 11.6 Å². The van der Waals surface area contributed by atoms with Crippen molar-refractivity contribution in [2.24, 2.45) is 5.92 Å². The lowest BCUT2D eigenvalue weighted by Crippen LogP contribution is -2.14. The maximum Gasteiger partial charge on any atom is 0.305 e. The molecule has 1 unspecified atom stereocenters. The second kappa shape index (κ2) is 5.65. The van der Waals surface area contributed by atoms with Crippen molar-refractivity contribution in [3.05, 3.63) is 57.4 Å². The van der Waals surface area contributed by atoms with Crippen LogP contribution in [0.5, 0.6) is 0 Å². The molecule has 0 amide bonds. The molecule has 2 aromatic rings. The zero-order valence-electron chi connectivity index (χ0n) is 11.1. The monoisotopic (exact) mass is 304 g/mol. The van der Waals surface area contributed by atoms with E-state index < -0.39 is 4.92 Å². The molecule has 1 N–H and O–H groups in total. The fourth-order valence-electron chi connectivity index (χ4n) is 2.20. The van der Waals surface area contributed by atoms with Crippen LogP contribution in [0.1, 0.15) is 24.4 Å². The minimum absolute atomic E-state index is 0.101. The van der Waals surface area contributed by atoms with Crippen LogP contribution >= 0.6 is 11.6 Å². The molecule has 0 bridgehead atoms. The molecule has 0 aliphatic heterocycles. The highest BCUT2D eigenvalue weighted by molar-refractivity contribution is 6.30. The van der Waals surface area contributed by atoms with E-state index in [-0.39, 0.29) is 11.7 Å². The van der Waals surface area contributed by atoms with Gasteiger partial charge in [-0.05, 0) is 36.5 Å². The average molecular weight is 305 g/mol. The summed E-state index contributed by atoms with van der Waals surface area (Å²) >= 11 is 5.91. The highest BCUT2D eigenvalue weighted by atomic mass is 35.5. The number of halogens is 1. The molecular formula is C14H13ClN4O2. The quantitative estimate of drug-likeness (QED) is 0.674. The molecule has 7 heteroatoms. The summed E-state index contributed by atoms with van der Waals surface area (Å²) in [7, 11) is 0. The van der Waals surface area contributed by atoms with E-state index >= 15 is 0 Å². The third-order valence-electron chi connectivity index (χ3n) is 3.46. The summed E-state index contributed by atoms with van der Waals surface area (Å²) in [5.74, 6) is 0.928. The van der Waals surface area contributed by atoms with Crippen molar-refractivity contribution >= 4 is 23.2 Å². The van der Waals surface area contributed by atoms with Gasteiger partial charge < -0.3 is 5.32 Å². The van der Waals surface area contributed by atoms with Gasteiger partial charge in [-0.2, -0.15) is 0 Å². The standard InChI is InChI=1S/C14H13ClN4O2/c15-11-5-3-10(4-6-11)13(9-1-2-9)18-14-16-7-12(8-17-14)19(20)21/h3-9,13H,1-2H2,(H,16,17,18). The Morgan fingerprint density at radius 1 is 1.24 bits per heavy atom. The Morgan fingerprint density at radius 2 is 1.86 bits per heavy atom. The minimum atomic E-state index is -0.513. The number of nitrogens with zero attached hydrogens (tertiary/aromatic N) is 3. The van der Waals surface area contributed by atoms with Gasteiger partial charge in [0.1, 0.15) is 12.4 Å². The van der Waals surface area contributed by atoms with Crippen molar-refractivity contribution in [2.75, 3.05) is 5.32 Å². The largest absolute Gasteiger partial charge is 0.347 e. The fraction of sp³-hybridized carbons (Fsp3) is 0.286. The Morgan fingerprint density at radius 3 is 2.38 bits per heavy atom. The number of anilines is 1. The number of hydrogen-bond acceptors (Lipinski definition) is 5. The van der Waals surface area contributed by atoms with Crippen LogP contribution in [0.15, 0.2) is 36.7 Å². The molecular weight excluding hydrogens is 292 g/mol. The molecule has 1 aromatic heterocycles. The van der Waals surface area contributed by atoms with E-state index in [0.717, 1.165) is 18.4 Å². The molecule has 0 spiro atoms. The molecule has 6 nitrogen and oxygen atoms in total. The van der Waals surface area contributed by atoms with Gasteiger partial charge in [0.25, 0.3) is 0 Å². The number of rotatable bonds is 5. The average Bonchev–Trinajstić information content (AvgIpc) is 3.31. The van der Waals surface area contributed by atoms with E-state index in [0.29, 0.717) is 16.9 Å². The van der Waals surface area contributed by atoms with E-state index in [1.807, 2.05) is 24.3 Å². The molecule has 1 aromatic carbocycles. The molecule has 1 aliphatic rings. The lowest BCUT2D eigenvalue weighted by Gasteiger charge is -2.18. The molecule has 0 radical (unpaired) electrons.